The van der Waals surface area contributed by atoms with Gasteiger partial charge in [0.25, 0.3) is 5.56 Å². The van der Waals surface area contributed by atoms with Crippen LogP contribution in [0.15, 0.2) is 29.1 Å². The highest BCUT2D eigenvalue weighted by molar-refractivity contribution is 7.18. The average Bonchev–Trinajstić information content (AvgIpc) is 3.07. The van der Waals surface area contributed by atoms with E-state index < -0.39 is 0 Å². The van der Waals surface area contributed by atoms with Crippen LogP contribution in [0.1, 0.15) is 42.2 Å². The van der Waals surface area contributed by atoms with E-state index in [0.29, 0.717) is 19.0 Å². The van der Waals surface area contributed by atoms with Crippen LogP contribution in [0.4, 0.5) is 5.95 Å². The molecule has 2 aromatic heterocycles. The van der Waals surface area contributed by atoms with Crippen LogP contribution in [-0.4, -0.2) is 16.7 Å². The van der Waals surface area contributed by atoms with Crippen LogP contribution < -0.4 is 15.6 Å². The molecule has 3 aromatic rings. The van der Waals surface area contributed by atoms with Gasteiger partial charge in [0.2, 0.25) is 5.95 Å². The minimum absolute atomic E-state index is 0.106. The van der Waals surface area contributed by atoms with Gasteiger partial charge in [0.1, 0.15) is 10.6 Å². The summed E-state index contributed by atoms with van der Waals surface area (Å²) in [5.41, 5.74) is 2.45. The Bertz CT molecular complexity index is 1020. The first-order valence-electron chi connectivity index (χ1n) is 9.63. The minimum Gasteiger partial charge on any atom is -0.497 e. The third-order valence-corrected chi connectivity index (χ3v) is 6.29. The summed E-state index contributed by atoms with van der Waals surface area (Å²) in [5, 5.41) is 4.24. The fourth-order valence-electron chi connectivity index (χ4n) is 3.77. The molecule has 0 saturated carbocycles. The first-order chi connectivity index (χ1) is 13.2. The van der Waals surface area contributed by atoms with Gasteiger partial charge in [-0.15, -0.1) is 11.3 Å². The SMILES string of the molecule is CCCn1c(NCc2cccc(OC)c2)nc2sc3c(c2c1=O)CCCC3. The number of nitrogens with zero attached hydrogens (tertiary/aromatic N) is 2. The quantitative estimate of drug-likeness (QED) is 0.687. The molecule has 0 saturated heterocycles. The molecule has 0 aliphatic heterocycles. The molecule has 0 spiro atoms. The Hall–Kier alpha value is -2.34. The highest BCUT2D eigenvalue weighted by atomic mass is 32.1. The van der Waals surface area contributed by atoms with Crippen LogP contribution in [0.5, 0.6) is 5.75 Å². The molecule has 0 amide bonds. The van der Waals surface area contributed by atoms with Crippen molar-refractivity contribution in [1.29, 1.82) is 0 Å². The Balaban J connectivity index is 1.72. The van der Waals surface area contributed by atoms with Crippen LogP contribution in [0.2, 0.25) is 0 Å². The maximum atomic E-state index is 13.3. The molecule has 0 fully saturated rings. The summed E-state index contributed by atoms with van der Waals surface area (Å²) in [4.78, 5) is 20.3. The molecule has 0 radical (unpaired) electrons. The molecular weight excluding hydrogens is 358 g/mol. The van der Waals surface area contributed by atoms with Gasteiger partial charge in [-0.05, 0) is 55.4 Å². The highest BCUT2D eigenvalue weighted by Crippen LogP contribution is 2.34. The first-order valence-corrected chi connectivity index (χ1v) is 10.4. The van der Waals surface area contributed by atoms with Crippen molar-refractivity contribution in [2.45, 2.75) is 52.1 Å². The van der Waals surface area contributed by atoms with E-state index in [4.69, 9.17) is 9.72 Å². The molecule has 0 bridgehead atoms. The number of methoxy groups -OCH3 is 1. The van der Waals surface area contributed by atoms with Gasteiger partial charge in [-0.1, -0.05) is 19.1 Å². The molecule has 5 nitrogen and oxygen atoms in total. The van der Waals surface area contributed by atoms with Crippen LogP contribution in [-0.2, 0) is 25.9 Å². The van der Waals surface area contributed by atoms with Gasteiger partial charge in [0.15, 0.2) is 0 Å². The van der Waals surface area contributed by atoms with Crippen LogP contribution >= 0.6 is 11.3 Å². The summed E-state index contributed by atoms with van der Waals surface area (Å²) in [6, 6.07) is 7.94. The molecular formula is C21H25N3O2S. The molecule has 4 rings (SSSR count). The summed E-state index contributed by atoms with van der Waals surface area (Å²) < 4.78 is 7.11. The maximum absolute atomic E-state index is 13.3. The molecule has 27 heavy (non-hydrogen) atoms. The predicted molar refractivity (Wildman–Crippen MR) is 111 cm³/mol. The largest absolute Gasteiger partial charge is 0.497 e. The topological polar surface area (TPSA) is 56.1 Å². The van der Waals surface area contributed by atoms with E-state index in [9.17, 15) is 4.79 Å². The van der Waals surface area contributed by atoms with Crippen molar-refractivity contribution >= 4 is 27.5 Å². The second-order valence-corrected chi connectivity index (χ2v) is 8.07. The van der Waals surface area contributed by atoms with Gasteiger partial charge in [0.05, 0.1) is 12.5 Å². The van der Waals surface area contributed by atoms with Gasteiger partial charge in [0, 0.05) is 18.0 Å². The molecule has 2 heterocycles. The van der Waals surface area contributed by atoms with Crippen molar-refractivity contribution in [2.24, 2.45) is 0 Å². The molecule has 0 unspecified atom stereocenters. The number of hydrogen-bond donors (Lipinski definition) is 1. The summed E-state index contributed by atoms with van der Waals surface area (Å²) in [7, 11) is 1.67. The van der Waals surface area contributed by atoms with E-state index in [0.717, 1.165) is 40.8 Å². The Labute approximate surface area is 163 Å². The van der Waals surface area contributed by atoms with Gasteiger partial charge in [-0.25, -0.2) is 4.98 Å². The monoisotopic (exact) mass is 383 g/mol. The molecule has 0 atom stereocenters. The molecule has 1 aliphatic carbocycles. The lowest BCUT2D eigenvalue weighted by Crippen LogP contribution is -2.25. The number of rotatable bonds is 6. The number of anilines is 1. The third kappa shape index (κ3) is 3.46. The van der Waals surface area contributed by atoms with Crippen molar-refractivity contribution in [3.8, 4) is 5.75 Å². The fourth-order valence-corrected chi connectivity index (χ4v) is 5.02. The number of benzene rings is 1. The van der Waals surface area contributed by atoms with Crippen molar-refractivity contribution in [3.63, 3.8) is 0 Å². The smallest absolute Gasteiger partial charge is 0.263 e. The van der Waals surface area contributed by atoms with E-state index in [1.54, 1.807) is 18.4 Å². The third-order valence-electron chi connectivity index (χ3n) is 5.11. The molecule has 142 valence electrons. The van der Waals surface area contributed by atoms with E-state index in [2.05, 4.69) is 12.2 Å². The Morgan fingerprint density at radius 2 is 2.15 bits per heavy atom. The normalized spacial score (nSPS) is 13.6. The van der Waals surface area contributed by atoms with Gasteiger partial charge >= 0.3 is 0 Å². The lowest BCUT2D eigenvalue weighted by molar-refractivity contribution is 0.414. The summed E-state index contributed by atoms with van der Waals surface area (Å²) in [6.07, 6.45) is 5.37. The van der Waals surface area contributed by atoms with Crippen LogP contribution in [0.3, 0.4) is 0 Å². The highest BCUT2D eigenvalue weighted by Gasteiger charge is 2.21. The average molecular weight is 384 g/mol. The van der Waals surface area contributed by atoms with Gasteiger partial charge < -0.3 is 10.1 Å². The Morgan fingerprint density at radius 3 is 2.96 bits per heavy atom. The zero-order valence-corrected chi connectivity index (χ0v) is 16.7. The summed E-state index contributed by atoms with van der Waals surface area (Å²) >= 11 is 1.70. The molecule has 1 aliphatic rings. The summed E-state index contributed by atoms with van der Waals surface area (Å²) in [5.74, 6) is 1.49. The van der Waals surface area contributed by atoms with E-state index in [1.165, 1.54) is 23.3 Å². The number of ether oxygens (including phenoxy) is 1. The Morgan fingerprint density at radius 1 is 1.30 bits per heavy atom. The van der Waals surface area contributed by atoms with Crippen molar-refractivity contribution in [2.75, 3.05) is 12.4 Å². The molecule has 1 aromatic carbocycles. The number of nitrogens with one attached hydrogen (secondary N) is 1. The number of fused-ring (bicyclic) bond motifs is 3. The van der Waals surface area contributed by atoms with E-state index in [1.807, 2.05) is 28.8 Å². The van der Waals surface area contributed by atoms with E-state index >= 15 is 0 Å². The lowest BCUT2D eigenvalue weighted by atomic mass is 9.97. The van der Waals surface area contributed by atoms with Crippen molar-refractivity contribution in [1.82, 2.24) is 9.55 Å². The molecule has 1 N–H and O–H groups in total. The second-order valence-electron chi connectivity index (χ2n) is 6.99. The van der Waals surface area contributed by atoms with Crippen LogP contribution in [0, 0.1) is 0 Å². The Kier molecular flexibility index (Phi) is 5.16. The maximum Gasteiger partial charge on any atom is 0.263 e. The minimum atomic E-state index is 0.106. The first kappa shape index (κ1) is 18.0. The zero-order valence-electron chi connectivity index (χ0n) is 15.9. The molecule has 6 heteroatoms. The van der Waals surface area contributed by atoms with Crippen LogP contribution in [0.25, 0.3) is 10.2 Å². The standard InChI is InChI=1S/C21H25N3O2S/c1-3-11-24-20(25)18-16-9-4-5-10-17(16)27-19(18)23-21(24)22-13-14-7-6-8-15(12-14)26-2/h6-8,12H,3-5,9-11,13H2,1-2H3,(H,22,23). The van der Waals surface area contributed by atoms with E-state index in [-0.39, 0.29) is 5.56 Å². The summed E-state index contributed by atoms with van der Waals surface area (Å²) in [6.45, 7) is 3.36. The lowest BCUT2D eigenvalue weighted by Gasteiger charge is -2.14. The number of hydrogen-bond acceptors (Lipinski definition) is 5. The predicted octanol–water partition coefficient (Wildman–Crippen LogP) is 4.37. The second kappa shape index (κ2) is 7.72. The number of thiophene rings is 1. The number of aromatic nitrogens is 2. The van der Waals surface area contributed by atoms with Gasteiger partial charge in [-0.3, -0.25) is 9.36 Å². The van der Waals surface area contributed by atoms with Crippen molar-refractivity contribution < 1.29 is 4.74 Å². The van der Waals surface area contributed by atoms with Crippen molar-refractivity contribution in [3.05, 3.63) is 50.6 Å². The number of aryl methyl sites for hydroxylation is 2. The zero-order chi connectivity index (χ0) is 18.8. The fraction of sp³-hybridized carbons (Fsp3) is 0.429. The van der Waals surface area contributed by atoms with Gasteiger partial charge in [-0.2, -0.15) is 0 Å².